The Labute approximate surface area is 209 Å². The van der Waals surface area contributed by atoms with Gasteiger partial charge in [-0.25, -0.2) is 26.9 Å². The zero-order valence-corrected chi connectivity index (χ0v) is 21.1. The Morgan fingerprint density at radius 3 is 2.77 bits per heavy atom. The minimum absolute atomic E-state index is 0.0480. The van der Waals surface area contributed by atoms with Gasteiger partial charge in [-0.2, -0.15) is 0 Å². The number of fused-ring (bicyclic) bond motifs is 2. The molecule has 6 rings (SSSR count). The number of piperidine rings is 1. The molecule has 1 N–H and O–H groups in total. The highest BCUT2D eigenvalue weighted by Crippen LogP contribution is 2.41. The third-order valence-electron chi connectivity index (χ3n) is 7.05. The minimum Gasteiger partial charge on any atom is -0.381 e. The molecule has 14 heteroatoms. The van der Waals surface area contributed by atoms with Gasteiger partial charge in [0.1, 0.15) is 10.4 Å². The zero-order valence-electron chi connectivity index (χ0n) is 18.7. The van der Waals surface area contributed by atoms with Crippen LogP contribution in [0, 0.1) is 11.8 Å². The molecule has 0 spiro atoms. The van der Waals surface area contributed by atoms with Crippen LogP contribution >= 0.6 is 22.9 Å². The highest BCUT2D eigenvalue weighted by molar-refractivity contribution is 7.89. The lowest BCUT2D eigenvalue weighted by Crippen LogP contribution is -2.40. The fourth-order valence-electron chi connectivity index (χ4n) is 4.83. The van der Waals surface area contributed by atoms with Crippen LogP contribution < -0.4 is 9.62 Å². The van der Waals surface area contributed by atoms with Gasteiger partial charge in [-0.05, 0) is 38.2 Å². The normalized spacial score (nSPS) is 23.9. The molecule has 5 heterocycles. The molecule has 35 heavy (non-hydrogen) atoms. The molecule has 3 aliphatic rings. The fourth-order valence-corrected chi connectivity index (χ4v) is 7.27. The number of anilines is 1. The first-order chi connectivity index (χ1) is 16.6. The number of nitrogens with one attached hydrogen (secondary N) is 1. The van der Waals surface area contributed by atoms with Crippen molar-refractivity contribution >= 4 is 44.2 Å². The SMILES string of the molecule is CC1(NS(=O)(=O)c2cc(N3CC[C@H]4COC[C@H]4C3)c3c(Cl)nc(-c4nnc(C(F)F)s4)n3c2)CC1. The van der Waals surface area contributed by atoms with Crippen LogP contribution in [0.5, 0.6) is 0 Å². The van der Waals surface area contributed by atoms with E-state index in [0.29, 0.717) is 54.1 Å². The van der Waals surface area contributed by atoms with E-state index in [1.165, 1.54) is 10.6 Å². The monoisotopic (exact) mass is 544 g/mol. The van der Waals surface area contributed by atoms with Crippen LogP contribution in [0.25, 0.3) is 16.3 Å². The van der Waals surface area contributed by atoms with Gasteiger partial charge in [-0.15, -0.1) is 10.2 Å². The van der Waals surface area contributed by atoms with Gasteiger partial charge in [0, 0.05) is 37.4 Å². The summed E-state index contributed by atoms with van der Waals surface area (Å²) in [6, 6.07) is 1.63. The van der Waals surface area contributed by atoms with Gasteiger partial charge in [-0.1, -0.05) is 22.9 Å². The lowest BCUT2D eigenvalue weighted by Gasteiger charge is -2.36. The van der Waals surface area contributed by atoms with E-state index >= 15 is 0 Å². The van der Waals surface area contributed by atoms with E-state index < -0.39 is 27.0 Å². The Morgan fingerprint density at radius 1 is 1.29 bits per heavy atom. The largest absolute Gasteiger partial charge is 0.381 e. The first kappa shape index (κ1) is 23.5. The van der Waals surface area contributed by atoms with Crippen molar-refractivity contribution in [3.8, 4) is 10.8 Å². The second-order valence-corrected chi connectivity index (χ2v) is 12.8. The van der Waals surface area contributed by atoms with E-state index in [2.05, 4.69) is 24.8 Å². The van der Waals surface area contributed by atoms with Crippen molar-refractivity contribution in [2.24, 2.45) is 11.8 Å². The summed E-state index contributed by atoms with van der Waals surface area (Å²) in [6.07, 6.45) is 1.10. The van der Waals surface area contributed by atoms with Crippen molar-refractivity contribution in [2.45, 2.75) is 43.0 Å². The number of sulfonamides is 1. The zero-order chi connectivity index (χ0) is 24.5. The van der Waals surface area contributed by atoms with Crippen LogP contribution in [0.3, 0.4) is 0 Å². The van der Waals surface area contributed by atoms with Crippen molar-refractivity contribution in [1.29, 1.82) is 0 Å². The summed E-state index contributed by atoms with van der Waals surface area (Å²) in [5.41, 5.74) is 0.667. The highest BCUT2D eigenvalue weighted by atomic mass is 35.5. The molecule has 0 radical (unpaired) electrons. The molecule has 3 aromatic heterocycles. The topological polar surface area (TPSA) is 102 Å². The van der Waals surface area contributed by atoms with Crippen LogP contribution in [-0.4, -0.2) is 59.8 Å². The van der Waals surface area contributed by atoms with Gasteiger partial charge in [0.25, 0.3) is 6.43 Å². The number of alkyl halides is 2. The number of halogens is 3. The first-order valence-electron chi connectivity index (χ1n) is 11.3. The van der Waals surface area contributed by atoms with Crippen LogP contribution in [0.1, 0.15) is 37.6 Å². The average molecular weight is 545 g/mol. The maximum absolute atomic E-state index is 13.4. The van der Waals surface area contributed by atoms with E-state index in [4.69, 9.17) is 16.3 Å². The Hall–Kier alpha value is -1.93. The molecular weight excluding hydrogens is 522 g/mol. The molecule has 9 nitrogen and oxygen atoms in total. The van der Waals surface area contributed by atoms with Gasteiger partial charge in [0.15, 0.2) is 21.0 Å². The molecule has 3 aromatic rings. The van der Waals surface area contributed by atoms with Gasteiger partial charge >= 0.3 is 0 Å². The summed E-state index contributed by atoms with van der Waals surface area (Å²) < 4.78 is 63.0. The number of aromatic nitrogens is 4. The molecule has 0 aromatic carbocycles. The first-order valence-corrected chi connectivity index (χ1v) is 14.0. The molecule has 188 valence electrons. The molecular formula is C21H23ClF2N6O3S2. The van der Waals surface area contributed by atoms with Gasteiger partial charge in [0.2, 0.25) is 10.0 Å². The fraction of sp³-hybridized carbons (Fsp3) is 0.571. The second kappa shape index (κ2) is 8.30. The van der Waals surface area contributed by atoms with Crippen molar-refractivity contribution < 1.29 is 21.9 Å². The summed E-state index contributed by atoms with van der Waals surface area (Å²) >= 11 is 7.28. The Bertz CT molecular complexity index is 1410. The summed E-state index contributed by atoms with van der Waals surface area (Å²) in [4.78, 5) is 6.55. The highest BCUT2D eigenvalue weighted by Gasteiger charge is 2.42. The number of nitrogens with zero attached hydrogens (tertiary/aromatic N) is 5. The van der Waals surface area contributed by atoms with E-state index in [1.54, 1.807) is 6.07 Å². The van der Waals surface area contributed by atoms with Crippen LogP contribution in [0.2, 0.25) is 5.15 Å². The predicted molar refractivity (Wildman–Crippen MR) is 127 cm³/mol. The van der Waals surface area contributed by atoms with E-state index in [0.717, 1.165) is 25.9 Å². The Kier molecular flexibility index (Phi) is 5.57. The summed E-state index contributed by atoms with van der Waals surface area (Å²) in [5.74, 6) is 0.991. The lowest BCUT2D eigenvalue weighted by molar-refractivity contribution is 0.150. The Morgan fingerprint density at radius 2 is 2.06 bits per heavy atom. The molecule has 0 unspecified atom stereocenters. The van der Waals surface area contributed by atoms with Crippen molar-refractivity contribution in [2.75, 3.05) is 31.2 Å². The maximum atomic E-state index is 13.4. The predicted octanol–water partition coefficient (Wildman–Crippen LogP) is 3.75. The number of imidazole rings is 1. The third-order valence-corrected chi connectivity index (χ3v) is 9.85. The lowest BCUT2D eigenvalue weighted by atomic mass is 9.88. The summed E-state index contributed by atoms with van der Waals surface area (Å²) in [6.45, 7) is 4.67. The average Bonchev–Trinajstić information content (AvgIpc) is 3.23. The van der Waals surface area contributed by atoms with Crippen molar-refractivity contribution in [3.63, 3.8) is 0 Å². The van der Waals surface area contributed by atoms with Crippen LogP contribution in [-0.2, 0) is 14.8 Å². The third kappa shape index (κ3) is 4.20. The minimum atomic E-state index is -3.87. The smallest absolute Gasteiger partial charge is 0.291 e. The van der Waals surface area contributed by atoms with E-state index in [-0.39, 0.29) is 20.9 Å². The van der Waals surface area contributed by atoms with Crippen molar-refractivity contribution in [1.82, 2.24) is 24.3 Å². The number of ether oxygens (including phenoxy) is 1. The van der Waals surface area contributed by atoms with E-state index in [1.807, 2.05) is 6.92 Å². The van der Waals surface area contributed by atoms with Crippen LogP contribution in [0.4, 0.5) is 14.5 Å². The van der Waals surface area contributed by atoms with Crippen LogP contribution in [0.15, 0.2) is 17.2 Å². The second-order valence-electron chi connectivity index (χ2n) is 9.71. The Balaban J connectivity index is 1.51. The standard InChI is InChI=1S/C21H23ClF2N6O3S2/c1-21(3-4-21)28-35(31,32)13-6-14(29-5-2-11-9-33-10-12(11)7-29)15-16(22)25-18(30(15)8-13)20-27-26-19(34-20)17(23)24/h6,8,11-12,17,28H,2-5,7,9-10H2,1H3/t11-,12+/m0/s1. The molecule has 0 bridgehead atoms. The molecule has 1 saturated carbocycles. The number of rotatable bonds is 6. The van der Waals surface area contributed by atoms with Gasteiger partial charge in [-0.3, -0.25) is 4.40 Å². The van der Waals surface area contributed by atoms with Gasteiger partial charge in [0.05, 0.1) is 12.3 Å². The molecule has 2 saturated heterocycles. The number of hydrogen-bond donors (Lipinski definition) is 1. The molecule has 2 aliphatic heterocycles. The van der Waals surface area contributed by atoms with Gasteiger partial charge < -0.3 is 9.64 Å². The molecule has 0 amide bonds. The quantitative estimate of drug-likeness (QED) is 0.504. The maximum Gasteiger partial charge on any atom is 0.291 e. The summed E-state index contributed by atoms with van der Waals surface area (Å²) in [7, 11) is -3.87. The summed E-state index contributed by atoms with van der Waals surface area (Å²) in [5, 5.41) is 7.25. The number of pyridine rings is 1. The molecule has 3 fully saturated rings. The number of hydrogen-bond acceptors (Lipinski definition) is 8. The molecule has 1 aliphatic carbocycles. The van der Waals surface area contributed by atoms with Crippen molar-refractivity contribution in [3.05, 3.63) is 22.4 Å². The van der Waals surface area contributed by atoms with E-state index in [9.17, 15) is 17.2 Å². The molecule has 2 atom stereocenters.